The van der Waals surface area contributed by atoms with Crippen LogP contribution in [0.3, 0.4) is 0 Å². The van der Waals surface area contributed by atoms with Gasteiger partial charge in [0.25, 0.3) is 0 Å². The molecular formula is C23H36N4O11. The quantitative estimate of drug-likeness (QED) is 0.166. The molecule has 15 heteroatoms. The van der Waals surface area contributed by atoms with Crippen molar-refractivity contribution in [2.45, 2.75) is 76.5 Å². The second-order valence-electron chi connectivity index (χ2n) is 9.56. The fourth-order valence-corrected chi connectivity index (χ4v) is 3.63. The Morgan fingerprint density at radius 3 is 2.26 bits per heavy atom. The summed E-state index contributed by atoms with van der Waals surface area (Å²) in [5.74, 6) is -1.56. The molecule has 2 aliphatic rings. The topological polar surface area (TPSA) is 203 Å². The summed E-state index contributed by atoms with van der Waals surface area (Å²) in [5.41, 5.74) is 5.56. The number of amides is 3. The lowest BCUT2D eigenvalue weighted by atomic mass is 9.92. The molecule has 214 valence electrons. The molecule has 2 rings (SSSR count). The summed E-state index contributed by atoms with van der Waals surface area (Å²) in [7, 11) is 1.14. The van der Waals surface area contributed by atoms with Crippen LogP contribution in [0.4, 0.5) is 14.4 Å². The number of hydrogen-bond acceptors (Lipinski definition) is 12. The van der Waals surface area contributed by atoms with Crippen molar-refractivity contribution in [3.8, 4) is 0 Å². The molecule has 1 fully saturated rings. The number of esters is 1. The highest BCUT2D eigenvalue weighted by Crippen LogP contribution is 2.27. The second-order valence-corrected chi connectivity index (χ2v) is 9.56. The summed E-state index contributed by atoms with van der Waals surface area (Å²) in [5, 5.41) is 7.78. The molecular weight excluding hydrogens is 508 g/mol. The normalized spacial score (nSPS) is 23.4. The highest BCUT2D eigenvalue weighted by molar-refractivity contribution is 5.86. The van der Waals surface area contributed by atoms with Gasteiger partial charge in [-0.15, -0.1) is 0 Å². The number of carbonyl (C=O) groups is 5. The summed E-state index contributed by atoms with van der Waals surface area (Å²) >= 11 is 0. The van der Waals surface area contributed by atoms with E-state index in [1.165, 1.54) is 13.0 Å². The minimum absolute atomic E-state index is 0.190. The Bertz CT molecular complexity index is 918. The predicted octanol–water partition coefficient (Wildman–Crippen LogP) is 0.209. The molecule has 2 heterocycles. The molecule has 38 heavy (non-hydrogen) atoms. The smallest absolute Gasteiger partial charge is 0.477 e. The molecule has 3 amide bonds. The van der Waals surface area contributed by atoms with E-state index in [2.05, 4.69) is 16.0 Å². The minimum Gasteiger partial charge on any atom is -0.477 e. The molecule has 0 radical (unpaired) electrons. The number of alkyl carbamates (subject to hydrolysis) is 2. The summed E-state index contributed by atoms with van der Waals surface area (Å²) in [6.07, 6.45) is -3.79. The van der Waals surface area contributed by atoms with E-state index in [0.717, 1.165) is 7.11 Å². The molecule has 0 saturated carbocycles. The average Bonchev–Trinajstić information content (AvgIpc) is 3.25. The number of nitrogens with one attached hydrogen (secondary N) is 3. The third kappa shape index (κ3) is 9.61. The molecule has 5 atom stereocenters. The molecule has 15 nitrogen and oxygen atoms in total. The van der Waals surface area contributed by atoms with Crippen LogP contribution in [0.1, 0.15) is 40.5 Å². The predicted molar refractivity (Wildman–Crippen MR) is 129 cm³/mol. The lowest BCUT2D eigenvalue weighted by molar-refractivity contribution is -0.147. The van der Waals surface area contributed by atoms with Crippen LogP contribution in [0.5, 0.6) is 0 Å². The first-order valence-corrected chi connectivity index (χ1v) is 12.0. The van der Waals surface area contributed by atoms with E-state index >= 15 is 0 Å². The fourth-order valence-electron chi connectivity index (χ4n) is 3.63. The third-order valence-electron chi connectivity index (χ3n) is 5.22. The largest absolute Gasteiger partial charge is 0.508 e. The Kier molecular flexibility index (Phi) is 11.0. The Hall–Kier alpha value is -3.75. The van der Waals surface area contributed by atoms with Gasteiger partial charge in [-0.25, -0.2) is 19.2 Å². The van der Waals surface area contributed by atoms with Crippen LogP contribution in [0.15, 0.2) is 11.8 Å². The highest BCUT2D eigenvalue weighted by Gasteiger charge is 2.49. The van der Waals surface area contributed by atoms with Crippen molar-refractivity contribution in [3.63, 3.8) is 0 Å². The van der Waals surface area contributed by atoms with Gasteiger partial charge in [-0.1, -0.05) is 0 Å². The van der Waals surface area contributed by atoms with Crippen LogP contribution < -0.4 is 21.7 Å². The number of ether oxygens (including phenoxy) is 6. The van der Waals surface area contributed by atoms with E-state index in [1.807, 2.05) is 0 Å². The van der Waals surface area contributed by atoms with Crippen molar-refractivity contribution < 1.29 is 52.4 Å². The second kappa shape index (κ2) is 13.7. The lowest BCUT2D eigenvalue weighted by Gasteiger charge is -2.39. The fraction of sp³-hybridized carbons (Fsp3) is 0.696. The first-order chi connectivity index (χ1) is 17.8. The first-order valence-electron chi connectivity index (χ1n) is 12.0. The van der Waals surface area contributed by atoms with E-state index in [0.29, 0.717) is 19.4 Å². The van der Waals surface area contributed by atoms with Gasteiger partial charge in [0.2, 0.25) is 11.7 Å². The highest BCUT2D eigenvalue weighted by atomic mass is 16.8. The van der Waals surface area contributed by atoms with E-state index in [1.54, 1.807) is 20.8 Å². The zero-order valence-corrected chi connectivity index (χ0v) is 22.1. The Balaban J connectivity index is 2.02. The van der Waals surface area contributed by atoms with E-state index in [4.69, 9.17) is 34.2 Å². The van der Waals surface area contributed by atoms with Gasteiger partial charge in [-0.05, 0) is 39.7 Å². The summed E-state index contributed by atoms with van der Waals surface area (Å²) in [6, 6.07) is -1.90. The summed E-state index contributed by atoms with van der Waals surface area (Å²) in [6.45, 7) is 6.77. The van der Waals surface area contributed by atoms with Crippen molar-refractivity contribution in [1.29, 1.82) is 0 Å². The van der Waals surface area contributed by atoms with Crippen molar-refractivity contribution in [2.24, 2.45) is 5.73 Å². The minimum atomic E-state index is -1.33. The number of hydrogen-bond donors (Lipinski definition) is 4. The van der Waals surface area contributed by atoms with Crippen LogP contribution in [0, 0.1) is 0 Å². The van der Waals surface area contributed by atoms with Crippen molar-refractivity contribution in [3.05, 3.63) is 11.8 Å². The van der Waals surface area contributed by atoms with Gasteiger partial charge in [-0.3, -0.25) is 4.79 Å². The number of unbranched alkanes of at least 4 members (excludes halogenated alkanes) is 1. The van der Waals surface area contributed by atoms with E-state index in [9.17, 15) is 24.0 Å². The van der Waals surface area contributed by atoms with Gasteiger partial charge in [0.1, 0.15) is 12.2 Å². The number of rotatable bonds is 10. The Morgan fingerprint density at radius 2 is 1.74 bits per heavy atom. The maximum Gasteiger partial charge on any atom is 0.508 e. The Labute approximate surface area is 220 Å². The Morgan fingerprint density at radius 1 is 1.11 bits per heavy atom. The van der Waals surface area contributed by atoms with Gasteiger partial charge < -0.3 is 50.1 Å². The molecule has 0 aromatic rings. The van der Waals surface area contributed by atoms with Gasteiger partial charge in [0, 0.05) is 20.0 Å². The van der Waals surface area contributed by atoms with Gasteiger partial charge in [-0.2, -0.15) is 0 Å². The van der Waals surface area contributed by atoms with Gasteiger partial charge in [0.15, 0.2) is 18.3 Å². The first kappa shape index (κ1) is 30.5. The van der Waals surface area contributed by atoms with E-state index < -0.39 is 66.2 Å². The molecule has 5 N–H and O–H groups in total. The number of carbonyl (C=O) groups excluding carboxylic acids is 5. The molecule has 0 aromatic heterocycles. The van der Waals surface area contributed by atoms with Crippen molar-refractivity contribution in [2.75, 3.05) is 26.8 Å². The van der Waals surface area contributed by atoms with Crippen LogP contribution in [-0.2, 0) is 38.0 Å². The zero-order chi connectivity index (χ0) is 28.5. The number of cyclic esters (lactones) is 2. The molecule has 0 spiro atoms. The molecule has 0 aromatic carbocycles. The maximum atomic E-state index is 12.6. The van der Waals surface area contributed by atoms with Gasteiger partial charge >= 0.3 is 24.3 Å². The summed E-state index contributed by atoms with van der Waals surface area (Å²) < 4.78 is 31.1. The monoisotopic (exact) mass is 544 g/mol. The van der Waals surface area contributed by atoms with Crippen LogP contribution in [0.2, 0.25) is 0 Å². The SMILES string of the molecule is COC(=O)C1=C[C@H](N)[C@@H](NC(C)=O)[C@H]([C@H](OC(=O)NCCCCNC(=O)OC(C)(C)C)[C@H]2COC(=O)O2)O1. The standard InChI is InChI=1S/C23H36N4O11/c1-12(28)27-16-13(24)10-14(19(29)33-5)35-18(16)17(15-11-34-22(32)36-15)37-20(30)25-8-6-7-9-26-21(31)38-23(2,3)4/h10,13,15-18H,6-9,11,24H2,1-5H3,(H,25,30)(H,26,31)(H,27,28)/t13-,15+,16+,17+,18+/m0/s1. The lowest BCUT2D eigenvalue weighted by Crippen LogP contribution is -2.63. The van der Waals surface area contributed by atoms with Crippen molar-refractivity contribution >= 4 is 30.2 Å². The van der Waals surface area contributed by atoms with Crippen LogP contribution in [-0.4, -0.2) is 93.0 Å². The van der Waals surface area contributed by atoms with Crippen LogP contribution >= 0.6 is 0 Å². The number of nitrogens with two attached hydrogens (primary N) is 1. The van der Waals surface area contributed by atoms with Gasteiger partial charge in [0.05, 0.1) is 19.2 Å². The van der Waals surface area contributed by atoms with Crippen LogP contribution in [0.25, 0.3) is 0 Å². The molecule has 0 unspecified atom stereocenters. The maximum absolute atomic E-state index is 12.6. The number of methoxy groups -OCH3 is 1. The van der Waals surface area contributed by atoms with Crippen molar-refractivity contribution in [1.82, 2.24) is 16.0 Å². The average molecular weight is 545 g/mol. The molecule has 1 saturated heterocycles. The molecule has 0 bridgehead atoms. The molecule has 2 aliphatic heterocycles. The third-order valence-corrected chi connectivity index (χ3v) is 5.22. The summed E-state index contributed by atoms with van der Waals surface area (Å²) in [4.78, 5) is 59.9. The molecule has 0 aliphatic carbocycles. The zero-order valence-electron chi connectivity index (χ0n) is 22.1. The van der Waals surface area contributed by atoms with E-state index in [-0.39, 0.29) is 18.9 Å².